The van der Waals surface area contributed by atoms with E-state index in [1.54, 1.807) is 4.68 Å². The lowest BCUT2D eigenvalue weighted by molar-refractivity contribution is -0.121. The second-order valence-corrected chi connectivity index (χ2v) is 4.79. The van der Waals surface area contributed by atoms with E-state index in [2.05, 4.69) is 21.3 Å². The van der Waals surface area contributed by atoms with Crippen LogP contribution in [0.15, 0.2) is 47.7 Å². The number of carbonyl (C=O) groups is 1. The number of terminal acetylenes is 1. The van der Waals surface area contributed by atoms with Crippen molar-refractivity contribution in [3.63, 3.8) is 0 Å². The van der Waals surface area contributed by atoms with Crippen molar-refractivity contribution in [2.45, 2.75) is 6.54 Å². The molecule has 2 heterocycles. The highest BCUT2D eigenvalue weighted by molar-refractivity contribution is 5.78. The van der Waals surface area contributed by atoms with Gasteiger partial charge in [-0.3, -0.25) is 14.2 Å². The number of hydrogen-bond donors (Lipinski definition) is 1. The second kappa shape index (κ2) is 6.15. The maximum absolute atomic E-state index is 12.4. The summed E-state index contributed by atoms with van der Waals surface area (Å²) in [6, 6.07) is 9.38. The van der Waals surface area contributed by atoms with Gasteiger partial charge in [0.2, 0.25) is 5.91 Å². The van der Waals surface area contributed by atoms with Crippen LogP contribution in [-0.4, -0.2) is 31.8 Å². The Morgan fingerprint density at radius 1 is 1.30 bits per heavy atom. The molecular formula is C16H13N5O2. The van der Waals surface area contributed by atoms with Crippen LogP contribution in [0, 0.1) is 12.3 Å². The van der Waals surface area contributed by atoms with Crippen molar-refractivity contribution in [1.29, 1.82) is 0 Å². The van der Waals surface area contributed by atoms with Crippen molar-refractivity contribution in [3.8, 4) is 18.0 Å². The normalized spacial score (nSPS) is 10.4. The zero-order valence-corrected chi connectivity index (χ0v) is 12.1. The van der Waals surface area contributed by atoms with Crippen LogP contribution in [0.5, 0.6) is 0 Å². The summed E-state index contributed by atoms with van der Waals surface area (Å²) in [5, 5.41) is 7.06. The largest absolute Gasteiger partial charge is 0.344 e. The van der Waals surface area contributed by atoms with E-state index in [-0.39, 0.29) is 24.6 Å². The first kappa shape index (κ1) is 14.5. The van der Waals surface area contributed by atoms with Crippen molar-refractivity contribution in [2.75, 3.05) is 6.54 Å². The van der Waals surface area contributed by atoms with Gasteiger partial charge in [-0.25, -0.2) is 9.67 Å². The average molecular weight is 307 g/mol. The Bertz CT molecular complexity index is 950. The molecule has 1 amide bonds. The molecule has 7 nitrogen and oxygen atoms in total. The van der Waals surface area contributed by atoms with Gasteiger partial charge in [-0.1, -0.05) is 24.1 Å². The molecule has 0 saturated heterocycles. The van der Waals surface area contributed by atoms with Gasteiger partial charge in [-0.05, 0) is 12.1 Å². The first-order valence-electron chi connectivity index (χ1n) is 6.89. The van der Waals surface area contributed by atoms with Gasteiger partial charge in [-0.2, -0.15) is 5.10 Å². The van der Waals surface area contributed by atoms with Crippen LogP contribution in [0.2, 0.25) is 0 Å². The Hall–Kier alpha value is -3.40. The average Bonchev–Trinajstić information content (AvgIpc) is 3.01. The number of benzene rings is 1. The topological polar surface area (TPSA) is 81.8 Å². The molecule has 0 aliphatic heterocycles. The van der Waals surface area contributed by atoms with Crippen LogP contribution in [0.4, 0.5) is 0 Å². The molecule has 1 N–H and O–H groups in total. The molecule has 23 heavy (non-hydrogen) atoms. The summed E-state index contributed by atoms with van der Waals surface area (Å²) in [5.74, 6) is 1.96. The van der Waals surface area contributed by atoms with Crippen LogP contribution < -0.4 is 10.9 Å². The third-order valence-electron chi connectivity index (χ3n) is 3.26. The third-order valence-corrected chi connectivity index (χ3v) is 3.26. The first-order valence-corrected chi connectivity index (χ1v) is 6.89. The Kier molecular flexibility index (Phi) is 3.89. The molecule has 0 saturated carbocycles. The molecule has 0 aliphatic rings. The summed E-state index contributed by atoms with van der Waals surface area (Å²) in [5.41, 5.74) is 0.924. The molecule has 114 valence electrons. The number of fused-ring (bicyclic) bond motifs is 1. The van der Waals surface area contributed by atoms with Crippen molar-refractivity contribution >= 4 is 16.9 Å². The van der Waals surface area contributed by atoms with Crippen LogP contribution in [0.3, 0.4) is 0 Å². The monoisotopic (exact) mass is 307 g/mol. The van der Waals surface area contributed by atoms with Crippen molar-refractivity contribution in [2.24, 2.45) is 0 Å². The lowest BCUT2D eigenvalue weighted by atomic mass is 10.3. The van der Waals surface area contributed by atoms with Gasteiger partial charge < -0.3 is 5.32 Å². The Morgan fingerprint density at radius 3 is 2.83 bits per heavy atom. The van der Waals surface area contributed by atoms with Gasteiger partial charge in [0.1, 0.15) is 18.3 Å². The maximum atomic E-state index is 12.4. The summed E-state index contributed by atoms with van der Waals surface area (Å²) < 4.78 is 2.81. The van der Waals surface area contributed by atoms with Crippen molar-refractivity contribution < 1.29 is 4.79 Å². The van der Waals surface area contributed by atoms with E-state index in [4.69, 9.17) is 6.42 Å². The predicted octanol–water partition coefficient (Wildman–Crippen LogP) is 0.332. The number of amides is 1. The molecule has 0 radical (unpaired) electrons. The fraction of sp³-hybridized carbons (Fsp3) is 0.125. The summed E-state index contributed by atoms with van der Waals surface area (Å²) >= 11 is 0. The van der Waals surface area contributed by atoms with Gasteiger partial charge in [0.15, 0.2) is 5.65 Å². The molecule has 0 bridgehead atoms. The SMILES string of the molecule is C#CCNC(=O)Cn1cnc2c(cnn2-c2ccccc2)c1=O. The number of nitrogens with one attached hydrogen (secondary N) is 1. The smallest absolute Gasteiger partial charge is 0.264 e. The lowest BCUT2D eigenvalue weighted by Gasteiger charge is -2.06. The molecule has 0 aliphatic carbocycles. The molecular weight excluding hydrogens is 294 g/mol. The number of carbonyl (C=O) groups excluding carboxylic acids is 1. The quantitative estimate of drug-likeness (QED) is 0.704. The van der Waals surface area contributed by atoms with Crippen molar-refractivity contribution in [3.05, 3.63) is 53.2 Å². The van der Waals surface area contributed by atoms with E-state index < -0.39 is 0 Å². The highest BCUT2D eigenvalue weighted by atomic mass is 16.2. The summed E-state index contributed by atoms with van der Waals surface area (Å²) in [6.45, 7) is -0.0187. The Balaban J connectivity index is 1.97. The van der Waals surface area contributed by atoms with Gasteiger partial charge in [0.25, 0.3) is 5.56 Å². The minimum Gasteiger partial charge on any atom is -0.344 e. The van der Waals surface area contributed by atoms with Crippen LogP contribution in [-0.2, 0) is 11.3 Å². The maximum Gasteiger partial charge on any atom is 0.264 e. The number of nitrogens with zero attached hydrogens (tertiary/aromatic N) is 4. The van der Waals surface area contributed by atoms with E-state index in [0.29, 0.717) is 11.0 Å². The molecule has 0 atom stereocenters. The van der Waals surface area contributed by atoms with Crippen molar-refractivity contribution in [1.82, 2.24) is 24.6 Å². The minimum atomic E-state index is -0.346. The predicted molar refractivity (Wildman–Crippen MR) is 85.0 cm³/mol. The third kappa shape index (κ3) is 2.82. The molecule has 3 rings (SSSR count). The second-order valence-electron chi connectivity index (χ2n) is 4.79. The highest BCUT2D eigenvalue weighted by Gasteiger charge is 2.12. The van der Waals surface area contributed by atoms with E-state index in [9.17, 15) is 9.59 Å². The first-order chi connectivity index (χ1) is 11.2. The van der Waals surface area contributed by atoms with E-state index in [1.807, 2.05) is 30.3 Å². The van der Waals surface area contributed by atoms with Gasteiger partial charge in [0.05, 0.1) is 18.4 Å². The summed E-state index contributed by atoms with van der Waals surface area (Å²) in [6.07, 6.45) is 7.86. The highest BCUT2D eigenvalue weighted by Crippen LogP contribution is 2.12. The fourth-order valence-corrected chi connectivity index (χ4v) is 2.18. The van der Waals surface area contributed by atoms with E-state index in [0.717, 1.165) is 5.69 Å². The van der Waals surface area contributed by atoms with Crippen LogP contribution >= 0.6 is 0 Å². The van der Waals surface area contributed by atoms with Gasteiger partial charge in [-0.15, -0.1) is 6.42 Å². The molecule has 0 fully saturated rings. The number of rotatable bonds is 4. The lowest BCUT2D eigenvalue weighted by Crippen LogP contribution is -2.32. The Morgan fingerprint density at radius 2 is 2.09 bits per heavy atom. The standard InChI is InChI=1S/C16H13N5O2/c1-2-8-17-14(22)10-20-11-18-15-13(16(20)23)9-19-21(15)12-6-4-3-5-7-12/h1,3-7,9,11H,8,10H2,(H,17,22). The number of hydrogen-bond acceptors (Lipinski definition) is 4. The molecule has 1 aromatic carbocycles. The Labute approximate surface area is 131 Å². The molecule has 3 aromatic rings. The van der Waals surface area contributed by atoms with E-state index >= 15 is 0 Å². The van der Waals surface area contributed by atoms with Gasteiger partial charge >= 0.3 is 0 Å². The van der Waals surface area contributed by atoms with Crippen LogP contribution in [0.25, 0.3) is 16.7 Å². The molecule has 7 heteroatoms. The number of para-hydroxylation sites is 1. The zero-order valence-electron chi connectivity index (χ0n) is 12.1. The summed E-state index contributed by atoms with van der Waals surface area (Å²) in [7, 11) is 0. The van der Waals surface area contributed by atoms with E-state index in [1.165, 1.54) is 17.1 Å². The minimum absolute atomic E-state index is 0.120. The molecule has 0 unspecified atom stereocenters. The van der Waals surface area contributed by atoms with Crippen LogP contribution in [0.1, 0.15) is 0 Å². The zero-order chi connectivity index (χ0) is 16.2. The molecule has 0 spiro atoms. The number of aromatic nitrogens is 4. The fourth-order valence-electron chi connectivity index (χ4n) is 2.18. The van der Waals surface area contributed by atoms with Gasteiger partial charge in [0, 0.05) is 0 Å². The molecule has 2 aromatic heterocycles. The summed E-state index contributed by atoms with van der Waals surface area (Å²) in [4.78, 5) is 28.4.